The van der Waals surface area contributed by atoms with Crippen molar-refractivity contribution < 1.29 is 4.52 Å². The SMILES string of the molecule is Cc1cc(Cn2nnc3ccccc3c2=O)no1. The normalized spacial score (nSPS) is 10.9. The summed E-state index contributed by atoms with van der Waals surface area (Å²) in [6, 6.07) is 8.88. The molecular weight excluding hydrogens is 232 g/mol. The number of fused-ring (bicyclic) bond motifs is 1. The molecule has 0 aliphatic heterocycles. The lowest BCUT2D eigenvalue weighted by Gasteiger charge is -2.01. The largest absolute Gasteiger partial charge is 0.361 e. The number of nitrogens with zero attached hydrogens (tertiary/aromatic N) is 4. The highest BCUT2D eigenvalue weighted by Gasteiger charge is 2.07. The van der Waals surface area contributed by atoms with Crippen molar-refractivity contribution in [3.8, 4) is 0 Å². The summed E-state index contributed by atoms with van der Waals surface area (Å²) < 4.78 is 6.23. The summed E-state index contributed by atoms with van der Waals surface area (Å²) in [6.45, 7) is 2.05. The summed E-state index contributed by atoms with van der Waals surface area (Å²) in [6.07, 6.45) is 0. The van der Waals surface area contributed by atoms with Crippen LogP contribution in [0.2, 0.25) is 0 Å². The van der Waals surface area contributed by atoms with Crippen molar-refractivity contribution in [2.45, 2.75) is 13.5 Å². The van der Waals surface area contributed by atoms with Crippen molar-refractivity contribution in [2.75, 3.05) is 0 Å². The molecule has 6 heteroatoms. The maximum absolute atomic E-state index is 12.1. The lowest BCUT2D eigenvalue weighted by Crippen LogP contribution is -2.24. The Kier molecular flexibility index (Phi) is 2.40. The van der Waals surface area contributed by atoms with E-state index in [2.05, 4.69) is 15.5 Å². The van der Waals surface area contributed by atoms with Gasteiger partial charge < -0.3 is 4.52 Å². The molecule has 6 nitrogen and oxygen atoms in total. The van der Waals surface area contributed by atoms with Crippen LogP contribution in [0.4, 0.5) is 0 Å². The molecule has 0 unspecified atom stereocenters. The average molecular weight is 242 g/mol. The van der Waals surface area contributed by atoms with Crippen LogP contribution in [-0.2, 0) is 6.54 Å². The van der Waals surface area contributed by atoms with E-state index in [1.807, 2.05) is 6.07 Å². The van der Waals surface area contributed by atoms with Crippen LogP contribution in [-0.4, -0.2) is 20.2 Å². The van der Waals surface area contributed by atoms with Gasteiger partial charge in [-0.05, 0) is 19.1 Å². The van der Waals surface area contributed by atoms with Crippen LogP contribution < -0.4 is 5.56 Å². The first-order chi connectivity index (χ1) is 8.74. The summed E-state index contributed by atoms with van der Waals surface area (Å²) in [5, 5.41) is 12.3. The molecule has 0 spiro atoms. The molecule has 3 rings (SSSR count). The van der Waals surface area contributed by atoms with E-state index in [9.17, 15) is 4.79 Å². The highest BCUT2D eigenvalue weighted by Crippen LogP contribution is 2.05. The third-order valence-corrected chi connectivity index (χ3v) is 2.62. The van der Waals surface area contributed by atoms with Gasteiger partial charge in [-0.25, -0.2) is 4.68 Å². The Morgan fingerprint density at radius 1 is 1.33 bits per heavy atom. The molecule has 0 amide bonds. The third kappa shape index (κ3) is 1.77. The predicted molar refractivity (Wildman–Crippen MR) is 64.1 cm³/mol. The zero-order valence-corrected chi connectivity index (χ0v) is 9.70. The molecule has 3 aromatic rings. The van der Waals surface area contributed by atoms with E-state index in [-0.39, 0.29) is 12.1 Å². The van der Waals surface area contributed by atoms with Crippen LogP contribution in [0.25, 0.3) is 10.9 Å². The summed E-state index contributed by atoms with van der Waals surface area (Å²) in [5.41, 5.74) is 1.07. The van der Waals surface area contributed by atoms with E-state index in [0.29, 0.717) is 22.4 Å². The van der Waals surface area contributed by atoms with Gasteiger partial charge in [0.2, 0.25) is 0 Å². The van der Waals surface area contributed by atoms with E-state index in [1.54, 1.807) is 31.2 Å². The maximum atomic E-state index is 12.1. The standard InChI is InChI=1S/C12H10N4O2/c1-8-6-9(14-18-8)7-16-12(17)10-4-2-3-5-11(10)13-15-16/h2-6H,7H2,1H3. The quantitative estimate of drug-likeness (QED) is 0.673. The van der Waals surface area contributed by atoms with Gasteiger partial charge in [-0.3, -0.25) is 4.79 Å². The lowest BCUT2D eigenvalue weighted by atomic mass is 10.2. The summed E-state index contributed by atoms with van der Waals surface area (Å²) in [7, 11) is 0. The molecule has 0 saturated carbocycles. The van der Waals surface area contributed by atoms with Crippen LogP contribution in [0.15, 0.2) is 39.6 Å². The second-order valence-electron chi connectivity index (χ2n) is 4.00. The zero-order valence-electron chi connectivity index (χ0n) is 9.70. The fourth-order valence-electron chi connectivity index (χ4n) is 1.77. The molecule has 0 aliphatic carbocycles. The third-order valence-electron chi connectivity index (χ3n) is 2.62. The Morgan fingerprint density at radius 2 is 2.17 bits per heavy atom. The van der Waals surface area contributed by atoms with Gasteiger partial charge in [-0.15, -0.1) is 5.10 Å². The predicted octanol–water partition coefficient (Wildman–Crippen LogP) is 1.14. The van der Waals surface area contributed by atoms with Crippen molar-refractivity contribution in [3.05, 3.63) is 52.1 Å². The Balaban J connectivity index is 2.08. The monoisotopic (exact) mass is 242 g/mol. The summed E-state index contributed by atoms with van der Waals surface area (Å²) in [4.78, 5) is 12.1. The molecular formula is C12H10N4O2. The smallest absolute Gasteiger partial charge is 0.277 e. The van der Waals surface area contributed by atoms with E-state index >= 15 is 0 Å². The number of rotatable bonds is 2. The van der Waals surface area contributed by atoms with Crippen molar-refractivity contribution in [1.82, 2.24) is 20.2 Å². The molecule has 0 aliphatic rings. The maximum Gasteiger partial charge on any atom is 0.277 e. The van der Waals surface area contributed by atoms with Crippen LogP contribution in [0.1, 0.15) is 11.5 Å². The van der Waals surface area contributed by atoms with Crippen LogP contribution >= 0.6 is 0 Å². The Hall–Kier alpha value is -2.50. The van der Waals surface area contributed by atoms with E-state index < -0.39 is 0 Å². The van der Waals surface area contributed by atoms with Crippen molar-refractivity contribution in [2.24, 2.45) is 0 Å². The van der Waals surface area contributed by atoms with Gasteiger partial charge in [-0.1, -0.05) is 22.5 Å². The molecule has 0 atom stereocenters. The fraction of sp³-hybridized carbons (Fsp3) is 0.167. The molecule has 18 heavy (non-hydrogen) atoms. The molecule has 1 aromatic carbocycles. The Morgan fingerprint density at radius 3 is 2.94 bits per heavy atom. The van der Waals surface area contributed by atoms with Crippen LogP contribution in [0.5, 0.6) is 0 Å². The molecule has 0 fully saturated rings. The van der Waals surface area contributed by atoms with Gasteiger partial charge in [0.05, 0.1) is 11.9 Å². The Bertz CT molecular complexity index is 760. The first-order valence-corrected chi connectivity index (χ1v) is 5.49. The van der Waals surface area contributed by atoms with E-state index in [4.69, 9.17) is 4.52 Å². The minimum atomic E-state index is -0.179. The van der Waals surface area contributed by atoms with Crippen molar-refractivity contribution in [1.29, 1.82) is 0 Å². The topological polar surface area (TPSA) is 73.8 Å². The first kappa shape index (κ1) is 10.6. The van der Waals surface area contributed by atoms with Gasteiger partial charge in [0, 0.05) is 6.07 Å². The Labute approximate surface area is 102 Å². The van der Waals surface area contributed by atoms with Gasteiger partial charge in [0.25, 0.3) is 5.56 Å². The highest BCUT2D eigenvalue weighted by atomic mass is 16.5. The van der Waals surface area contributed by atoms with Crippen molar-refractivity contribution in [3.63, 3.8) is 0 Å². The van der Waals surface area contributed by atoms with E-state index in [0.717, 1.165) is 0 Å². The highest BCUT2D eigenvalue weighted by molar-refractivity contribution is 5.76. The van der Waals surface area contributed by atoms with Gasteiger partial charge in [-0.2, -0.15) is 0 Å². The molecule has 2 heterocycles. The average Bonchev–Trinajstić information content (AvgIpc) is 2.79. The second-order valence-corrected chi connectivity index (χ2v) is 4.00. The zero-order chi connectivity index (χ0) is 12.5. The molecule has 0 bridgehead atoms. The number of hydrogen-bond donors (Lipinski definition) is 0. The molecule has 0 saturated heterocycles. The number of aromatic nitrogens is 4. The molecule has 0 radical (unpaired) electrons. The number of aryl methyl sites for hydroxylation is 1. The fourth-order valence-corrected chi connectivity index (χ4v) is 1.77. The van der Waals surface area contributed by atoms with Crippen LogP contribution in [0, 0.1) is 6.92 Å². The van der Waals surface area contributed by atoms with Crippen LogP contribution in [0.3, 0.4) is 0 Å². The van der Waals surface area contributed by atoms with Gasteiger partial charge in [0.1, 0.15) is 17.0 Å². The second kappa shape index (κ2) is 4.06. The van der Waals surface area contributed by atoms with Crippen molar-refractivity contribution >= 4 is 10.9 Å². The number of hydrogen-bond acceptors (Lipinski definition) is 5. The molecule has 90 valence electrons. The number of benzene rings is 1. The molecule has 2 aromatic heterocycles. The lowest BCUT2D eigenvalue weighted by molar-refractivity contribution is 0.386. The van der Waals surface area contributed by atoms with Gasteiger partial charge >= 0.3 is 0 Å². The summed E-state index contributed by atoms with van der Waals surface area (Å²) >= 11 is 0. The minimum Gasteiger partial charge on any atom is -0.361 e. The first-order valence-electron chi connectivity index (χ1n) is 5.49. The molecule has 0 N–H and O–H groups in total. The minimum absolute atomic E-state index is 0.179. The van der Waals surface area contributed by atoms with E-state index in [1.165, 1.54) is 4.68 Å². The van der Waals surface area contributed by atoms with Gasteiger partial charge in [0.15, 0.2) is 0 Å². The summed E-state index contributed by atoms with van der Waals surface area (Å²) in [5.74, 6) is 0.701.